The number of morpholine rings is 1. The number of amides is 1. The highest BCUT2D eigenvalue weighted by Crippen LogP contribution is 2.18. The van der Waals surface area contributed by atoms with Gasteiger partial charge in [-0.25, -0.2) is 0 Å². The monoisotopic (exact) mass is 368 g/mol. The van der Waals surface area contributed by atoms with E-state index in [1.165, 1.54) is 5.56 Å². The van der Waals surface area contributed by atoms with E-state index in [0.29, 0.717) is 13.0 Å². The smallest absolute Gasteiger partial charge is 0.224 e. The lowest BCUT2D eigenvalue weighted by Gasteiger charge is -2.26. The van der Waals surface area contributed by atoms with Crippen LogP contribution in [0.1, 0.15) is 22.3 Å². The van der Waals surface area contributed by atoms with Crippen LogP contribution in [0, 0.1) is 6.92 Å². The first-order valence-corrected chi connectivity index (χ1v) is 9.42. The highest BCUT2D eigenvalue weighted by Gasteiger charge is 2.11. The molecule has 1 aliphatic rings. The summed E-state index contributed by atoms with van der Waals surface area (Å²) in [6.45, 7) is 7.02. The van der Waals surface area contributed by atoms with Crippen LogP contribution >= 0.6 is 0 Å². The summed E-state index contributed by atoms with van der Waals surface area (Å²) in [5.41, 5.74) is 4.43. The molecule has 0 bridgehead atoms. The Kier molecular flexibility index (Phi) is 6.85. The fraction of sp³-hybridized carbons (Fsp3) is 0.409. The van der Waals surface area contributed by atoms with Crippen LogP contribution in [0.5, 0.6) is 5.75 Å². The molecule has 1 N–H and O–H groups in total. The average Bonchev–Trinajstić information content (AvgIpc) is 2.68. The molecule has 0 radical (unpaired) electrons. The Bertz CT molecular complexity index is 770. The summed E-state index contributed by atoms with van der Waals surface area (Å²) in [6, 6.07) is 14.3. The number of carbonyl (C=O) groups is 1. The molecule has 0 aliphatic carbocycles. The summed E-state index contributed by atoms with van der Waals surface area (Å²) in [5.74, 6) is 0.870. The Hall–Kier alpha value is -2.37. The molecule has 0 unspecified atom stereocenters. The Morgan fingerprint density at radius 2 is 1.89 bits per heavy atom. The second-order valence-electron chi connectivity index (χ2n) is 6.97. The zero-order valence-electron chi connectivity index (χ0n) is 16.2. The maximum Gasteiger partial charge on any atom is 0.224 e. The van der Waals surface area contributed by atoms with Crippen molar-refractivity contribution in [1.29, 1.82) is 0 Å². The maximum absolute atomic E-state index is 12.3. The van der Waals surface area contributed by atoms with Crippen LogP contribution in [0.15, 0.2) is 42.5 Å². The first kappa shape index (κ1) is 19.4. The van der Waals surface area contributed by atoms with Gasteiger partial charge >= 0.3 is 0 Å². The van der Waals surface area contributed by atoms with Gasteiger partial charge in [0.05, 0.1) is 26.7 Å². The van der Waals surface area contributed by atoms with Gasteiger partial charge in [0.15, 0.2) is 0 Å². The van der Waals surface area contributed by atoms with E-state index in [1.807, 2.05) is 25.1 Å². The van der Waals surface area contributed by atoms with Crippen molar-refractivity contribution >= 4 is 5.91 Å². The van der Waals surface area contributed by atoms with E-state index in [-0.39, 0.29) is 5.91 Å². The van der Waals surface area contributed by atoms with Crippen molar-refractivity contribution in [2.45, 2.75) is 26.4 Å². The summed E-state index contributed by atoms with van der Waals surface area (Å²) in [6.07, 6.45) is 0.373. The molecule has 1 fully saturated rings. The minimum Gasteiger partial charge on any atom is -0.496 e. The van der Waals surface area contributed by atoms with Gasteiger partial charge in [0, 0.05) is 26.2 Å². The van der Waals surface area contributed by atoms with E-state index in [9.17, 15) is 4.79 Å². The molecular weight excluding hydrogens is 340 g/mol. The summed E-state index contributed by atoms with van der Waals surface area (Å²) in [7, 11) is 1.65. The van der Waals surface area contributed by atoms with Gasteiger partial charge < -0.3 is 14.8 Å². The molecule has 144 valence electrons. The molecule has 3 rings (SSSR count). The van der Waals surface area contributed by atoms with Crippen molar-refractivity contribution < 1.29 is 14.3 Å². The third-order valence-electron chi connectivity index (χ3n) is 4.81. The van der Waals surface area contributed by atoms with E-state index < -0.39 is 0 Å². The van der Waals surface area contributed by atoms with Crippen molar-refractivity contribution in [1.82, 2.24) is 10.2 Å². The highest BCUT2D eigenvalue weighted by molar-refractivity contribution is 5.78. The van der Waals surface area contributed by atoms with Crippen LogP contribution in [0.3, 0.4) is 0 Å². The van der Waals surface area contributed by atoms with Crippen LogP contribution in [0.4, 0.5) is 0 Å². The Labute approximate surface area is 161 Å². The van der Waals surface area contributed by atoms with Gasteiger partial charge in [-0.2, -0.15) is 0 Å². The number of carbonyl (C=O) groups excluding carboxylic acids is 1. The molecule has 0 saturated carbocycles. The average molecular weight is 368 g/mol. The zero-order chi connectivity index (χ0) is 19.1. The molecule has 0 atom stereocenters. The second-order valence-corrected chi connectivity index (χ2v) is 6.97. The van der Waals surface area contributed by atoms with Crippen molar-refractivity contribution in [3.63, 3.8) is 0 Å². The quantitative estimate of drug-likeness (QED) is 0.816. The fourth-order valence-corrected chi connectivity index (χ4v) is 3.35. The second kappa shape index (κ2) is 9.53. The standard InChI is InChI=1S/C22H28N2O3/c1-17-12-18(6-7-21(17)26-2)14-22(25)23-15-19-4-3-5-20(13-19)16-24-8-10-27-11-9-24/h3-7,12-13H,8-11,14-16H2,1-2H3,(H,23,25). The summed E-state index contributed by atoms with van der Waals surface area (Å²) < 4.78 is 10.7. The number of ether oxygens (including phenoxy) is 2. The maximum atomic E-state index is 12.3. The molecule has 2 aromatic rings. The molecule has 0 spiro atoms. The van der Waals surface area contributed by atoms with Gasteiger partial charge in [0.1, 0.15) is 5.75 Å². The highest BCUT2D eigenvalue weighted by atomic mass is 16.5. The molecule has 1 heterocycles. The molecule has 27 heavy (non-hydrogen) atoms. The van der Waals surface area contributed by atoms with Crippen molar-refractivity contribution in [3.05, 3.63) is 64.7 Å². The minimum atomic E-state index is 0.0261. The van der Waals surface area contributed by atoms with E-state index in [1.54, 1.807) is 7.11 Å². The molecule has 5 nitrogen and oxygen atoms in total. The fourth-order valence-electron chi connectivity index (χ4n) is 3.35. The molecule has 1 saturated heterocycles. The normalized spacial score (nSPS) is 14.7. The predicted octanol–water partition coefficient (Wildman–Crippen LogP) is 2.69. The minimum absolute atomic E-state index is 0.0261. The molecule has 5 heteroatoms. The van der Waals surface area contributed by atoms with Crippen molar-refractivity contribution in [2.75, 3.05) is 33.4 Å². The summed E-state index contributed by atoms with van der Waals surface area (Å²) >= 11 is 0. The topological polar surface area (TPSA) is 50.8 Å². The predicted molar refractivity (Wildman–Crippen MR) is 106 cm³/mol. The SMILES string of the molecule is COc1ccc(CC(=O)NCc2cccc(CN3CCOCC3)c2)cc1C. The van der Waals surface area contributed by atoms with Gasteiger partial charge in [-0.15, -0.1) is 0 Å². The van der Waals surface area contributed by atoms with Crippen LogP contribution in [0.2, 0.25) is 0 Å². The lowest BCUT2D eigenvalue weighted by Crippen LogP contribution is -2.35. The number of rotatable bonds is 7. The van der Waals surface area contributed by atoms with Crippen molar-refractivity contribution in [2.24, 2.45) is 0 Å². The number of nitrogens with one attached hydrogen (secondary N) is 1. The van der Waals surface area contributed by atoms with Gasteiger partial charge in [-0.05, 0) is 35.2 Å². The van der Waals surface area contributed by atoms with Crippen LogP contribution in [-0.4, -0.2) is 44.2 Å². The van der Waals surface area contributed by atoms with Crippen molar-refractivity contribution in [3.8, 4) is 5.75 Å². The molecule has 0 aromatic heterocycles. The Morgan fingerprint density at radius 3 is 2.63 bits per heavy atom. The van der Waals surface area contributed by atoms with Gasteiger partial charge in [0.25, 0.3) is 0 Å². The van der Waals surface area contributed by atoms with E-state index >= 15 is 0 Å². The van der Waals surface area contributed by atoms with Crippen LogP contribution in [0.25, 0.3) is 0 Å². The first-order valence-electron chi connectivity index (χ1n) is 9.42. The van der Waals surface area contributed by atoms with Gasteiger partial charge in [0.2, 0.25) is 5.91 Å². The molecule has 1 amide bonds. The number of benzene rings is 2. The molecule has 1 aliphatic heterocycles. The number of methoxy groups -OCH3 is 1. The first-order chi connectivity index (χ1) is 13.1. The van der Waals surface area contributed by atoms with Crippen LogP contribution in [-0.2, 0) is 29.0 Å². The Balaban J connectivity index is 1.51. The number of hydrogen-bond acceptors (Lipinski definition) is 4. The summed E-state index contributed by atoms with van der Waals surface area (Å²) in [5, 5.41) is 3.02. The van der Waals surface area contributed by atoms with E-state index in [2.05, 4.69) is 34.5 Å². The van der Waals surface area contributed by atoms with Gasteiger partial charge in [-0.1, -0.05) is 36.4 Å². The van der Waals surface area contributed by atoms with Gasteiger partial charge in [-0.3, -0.25) is 9.69 Å². The largest absolute Gasteiger partial charge is 0.496 e. The zero-order valence-corrected chi connectivity index (χ0v) is 16.2. The van der Waals surface area contributed by atoms with Crippen LogP contribution < -0.4 is 10.1 Å². The third-order valence-corrected chi connectivity index (χ3v) is 4.81. The lowest BCUT2D eigenvalue weighted by molar-refractivity contribution is -0.120. The van der Waals surface area contributed by atoms with E-state index in [4.69, 9.17) is 9.47 Å². The molecule has 2 aromatic carbocycles. The number of nitrogens with zero attached hydrogens (tertiary/aromatic N) is 1. The number of hydrogen-bond donors (Lipinski definition) is 1. The number of aryl methyl sites for hydroxylation is 1. The van der Waals surface area contributed by atoms with E-state index in [0.717, 1.165) is 55.3 Å². The summed E-state index contributed by atoms with van der Waals surface area (Å²) in [4.78, 5) is 14.7. The third kappa shape index (κ3) is 5.81. The lowest BCUT2D eigenvalue weighted by atomic mass is 10.1. The molecular formula is C22H28N2O3. The Morgan fingerprint density at radius 1 is 1.11 bits per heavy atom.